The highest BCUT2D eigenvalue weighted by atomic mass is 16.6. The normalized spacial score (nSPS) is 30.2. The van der Waals surface area contributed by atoms with Crippen molar-refractivity contribution in [2.24, 2.45) is 11.3 Å². The summed E-state index contributed by atoms with van der Waals surface area (Å²) in [6, 6.07) is 5.32. The predicted molar refractivity (Wildman–Crippen MR) is 157 cm³/mol. The van der Waals surface area contributed by atoms with E-state index in [1.807, 2.05) is 0 Å². The summed E-state index contributed by atoms with van der Waals surface area (Å²) in [5, 5.41) is 42.6. The molecule has 11 heteroatoms. The lowest BCUT2D eigenvalue weighted by Crippen LogP contribution is -2.71. The summed E-state index contributed by atoms with van der Waals surface area (Å²) in [5.41, 5.74) is -2.94. The number of Topliss-reactive ketones (excluding diaryl/α,β-unsaturated/α-hetero) is 3. The zero-order chi connectivity index (χ0) is 32.7. The standard InChI is InChI=1S/C33H40O11/c1-16-10-22(35)18(3)25(11-16)44-31-30(41)32(4,28(39)29(40)33(31,5)42-6)20-9-7-8-17(2)43-26(38)13-19-12-21(34)15-24(37)27(19)23(36)14-20/h10-12,15,17,20,29,31,34-35,37,40H,7-9,13-14H2,1-6H3/t17-,20-,29+,31-,32+,33-/m0/s1. The summed E-state index contributed by atoms with van der Waals surface area (Å²) in [5.74, 6) is -4.63. The molecule has 4 rings (SSSR count). The summed E-state index contributed by atoms with van der Waals surface area (Å²) in [4.78, 5) is 55.0. The van der Waals surface area contributed by atoms with Crippen LogP contribution in [0.4, 0.5) is 0 Å². The van der Waals surface area contributed by atoms with Gasteiger partial charge in [0.2, 0.25) is 0 Å². The first-order valence-electron chi connectivity index (χ1n) is 14.6. The first kappa shape index (κ1) is 32.9. The molecular formula is C33H40O11. The summed E-state index contributed by atoms with van der Waals surface area (Å²) in [6.45, 7) is 7.81. The van der Waals surface area contributed by atoms with E-state index in [4.69, 9.17) is 14.2 Å². The first-order chi connectivity index (χ1) is 20.5. The van der Waals surface area contributed by atoms with Crippen LogP contribution in [0.25, 0.3) is 0 Å². The second-order valence-electron chi connectivity index (χ2n) is 12.4. The summed E-state index contributed by atoms with van der Waals surface area (Å²) in [6.07, 6.45) is -3.77. The smallest absolute Gasteiger partial charge is 0.310 e. The maximum Gasteiger partial charge on any atom is 0.310 e. The number of aliphatic hydroxyl groups excluding tert-OH is 1. The average Bonchev–Trinajstić information content (AvgIpc) is 2.94. The molecule has 0 amide bonds. The van der Waals surface area contributed by atoms with Gasteiger partial charge in [0.1, 0.15) is 34.7 Å². The topological polar surface area (TPSA) is 177 Å². The van der Waals surface area contributed by atoms with E-state index < -0.39 is 77.2 Å². The van der Waals surface area contributed by atoms with Gasteiger partial charge in [-0.05, 0) is 89.1 Å². The molecule has 1 fully saturated rings. The van der Waals surface area contributed by atoms with E-state index in [0.29, 0.717) is 24.0 Å². The van der Waals surface area contributed by atoms with Crippen molar-refractivity contribution in [1.82, 2.24) is 0 Å². The van der Waals surface area contributed by atoms with E-state index in [1.54, 1.807) is 26.8 Å². The van der Waals surface area contributed by atoms with Crippen molar-refractivity contribution < 1.29 is 53.8 Å². The number of carbonyl (C=O) groups is 4. The van der Waals surface area contributed by atoms with Crippen LogP contribution in [0.5, 0.6) is 23.0 Å². The lowest BCUT2D eigenvalue weighted by molar-refractivity contribution is -0.198. The number of aliphatic hydroxyl groups is 1. The Kier molecular flexibility index (Phi) is 9.14. The molecule has 2 aliphatic rings. The van der Waals surface area contributed by atoms with Crippen molar-refractivity contribution in [1.29, 1.82) is 0 Å². The van der Waals surface area contributed by atoms with Crippen LogP contribution >= 0.6 is 0 Å². The molecule has 238 valence electrons. The number of cyclic esters (lactones) is 1. The fourth-order valence-electron chi connectivity index (χ4n) is 6.37. The molecular weight excluding hydrogens is 572 g/mol. The molecule has 2 aromatic rings. The highest BCUT2D eigenvalue weighted by Crippen LogP contribution is 2.48. The maximum atomic E-state index is 14.5. The molecule has 6 atom stereocenters. The number of phenolic OH excluding ortho intramolecular Hbond substituents is 3. The minimum absolute atomic E-state index is 0.0402. The number of phenols is 3. The number of hydrogen-bond donors (Lipinski definition) is 4. The Balaban J connectivity index is 1.83. The number of hydrogen-bond acceptors (Lipinski definition) is 11. The van der Waals surface area contributed by atoms with Crippen LogP contribution in [0, 0.1) is 25.2 Å². The largest absolute Gasteiger partial charge is 0.508 e. The number of fused-ring (bicyclic) bond motifs is 1. The van der Waals surface area contributed by atoms with Gasteiger partial charge in [0.15, 0.2) is 23.5 Å². The van der Waals surface area contributed by atoms with E-state index in [1.165, 1.54) is 33.1 Å². The van der Waals surface area contributed by atoms with Crippen LogP contribution in [-0.4, -0.2) is 74.8 Å². The molecule has 0 saturated heterocycles. The Labute approximate surface area is 255 Å². The number of methoxy groups -OCH3 is 1. The minimum atomic E-state index is -1.94. The van der Waals surface area contributed by atoms with Gasteiger partial charge < -0.3 is 34.6 Å². The average molecular weight is 613 g/mol. The van der Waals surface area contributed by atoms with E-state index in [9.17, 15) is 39.6 Å². The van der Waals surface area contributed by atoms with Crippen molar-refractivity contribution >= 4 is 23.3 Å². The van der Waals surface area contributed by atoms with E-state index in [-0.39, 0.29) is 34.8 Å². The Hall–Kier alpha value is -3.96. The molecule has 44 heavy (non-hydrogen) atoms. The van der Waals surface area contributed by atoms with Gasteiger partial charge in [-0.3, -0.25) is 19.2 Å². The number of aryl methyl sites for hydroxylation is 1. The van der Waals surface area contributed by atoms with Gasteiger partial charge in [0.25, 0.3) is 0 Å². The SMILES string of the molecule is CO[C@@]1(C)[C@H](O)C(=O)[C@@](C)([C@H]2CCC[C@H](C)OC(=O)Cc3cc(O)cc(O)c3C(=O)C2)C(=O)[C@@H]1Oc1cc(C)cc(O)c1C. The van der Waals surface area contributed by atoms with Crippen LogP contribution in [0.15, 0.2) is 24.3 Å². The van der Waals surface area contributed by atoms with Crippen molar-refractivity contribution in [3.05, 3.63) is 46.5 Å². The molecule has 2 aromatic carbocycles. The van der Waals surface area contributed by atoms with Crippen LogP contribution in [0.2, 0.25) is 0 Å². The lowest BCUT2D eigenvalue weighted by Gasteiger charge is -2.50. The second-order valence-corrected chi connectivity index (χ2v) is 12.4. The van der Waals surface area contributed by atoms with Crippen LogP contribution in [-0.2, 0) is 30.3 Å². The third kappa shape index (κ3) is 5.78. The van der Waals surface area contributed by atoms with Crippen LogP contribution in [0.3, 0.4) is 0 Å². The molecule has 0 bridgehead atoms. The molecule has 11 nitrogen and oxygen atoms in total. The van der Waals surface area contributed by atoms with Crippen molar-refractivity contribution in [2.45, 2.75) is 90.6 Å². The number of ether oxygens (including phenoxy) is 3. The third-order valence-corrected chi connectivity index (χ3v) is 9.28. The number of carbonyl (C=O) groups excluding carboxylic acids is 4. The summed E-state index contributed by atoms with van der Waals surface area (Å²) >= 11 is 0. The summed E-state index contributed by atoms with van der Waals surface area (Å²) in [7, 11) is 1.25. The highest BCUT2D eigenvalue weighted by Gasteiger charge is 2.65. The molecule has 1 saturated carbocycles. The van der Waals surface area contributed by atoms with Crippen LogP contribution in [0.1, 0.15) is 73.5 Å². The van der Waals surface area contributed by atoms with Gasteiger partial charge in [-0.1, -0.05) is 0 Å². The molecule has 4 N–H and O–H groups in total. The monoisotopic (exact) mass is 612 g/mol. The Bertz CT molecular complexity index is 1500. The second kappa shape index (κ2) is 12.2. The Morgan fingerprint density at radius 2 is 1.61 bits per heavy atom. The molecule has 0 radical (unpaired) electrons. The number of aromatic hydroxyl groups is 3. The van der Waals surface area contributed by atoms with Gasteiger partial charge in [-0.25, -0.2) is 0 Å². The minimum Gasteiger partial charge on any atom is -0.508 e. The van der Waals surface area contributed by atoms with Crippen molar-refractivity contribution in [2.75, 3.05) is 7.11 Å². The van der Waals surface area contributed by atoms with Crippen molar-refractivity contribution in [3.63, 3.8) is 0 Å². The Morgan fingerprint density at radius 1 is 0.932 bits per heavy atom. The van der Waals surface area contributed by atoms with Gasteiger partial charge in [-0.2, -0.15) is 0 Å². The number of ketones is 3. The summed E-state index contributed by atoms with van der Waals surface area (Å²) < 4.78 is 17.2. The molecule has 1 heterocycles. The number of benzene rings is 2. The van der Waals surface area contributed by atoms with Gasteiger partial charge in [0.05, 0.1) is 23.5 Å². The van der Waals surface area contributed by atoms with E-state index in [2.05, 4.69) is 0 Å². The first-order valence-corrected chi connectivity index (χ1v) is 14.6. The van der Waals surface area contributed by atoms with Gasteiger partial charge in [0, 0.05) is 25.2 Å². The molecule has 1 aliphatic heterocycles. The zero-order valence-corrected chi connectivity index (χ0v) is 25.8. The van der Waals surface area contributed by atoms with Gasteiger partial charge >= 0.3 is 5.97 Å². The van der Waals surface area contributed by atoms with Gasteiger partial charge in [-0.15, -0.1) is 0 Å². The van der Waals surface area contributed by atoms with E-state index in [0.717, 1.165) is 6.07 Å². The number of rotatable bonds is 4. The fourth-order valence-corrected chi connectivity index (χ4v) is 6.37. The maximum absolute atomic E-state index is 14.5. The van der Waals surface area contributed by atoms with Crippen LogP contribution < -0.4 is 4.74 Å². The number of esters is 1. The lowest BCUT2D eigenvalue weighted by atomic mass is 9.57. The highest BCUT2D eigenvalue weighted by molar-refractivity contribution is 6.15. The third-order valence-electron chi connectivity index (χ3n) is 9.28. The fraction of sp³-hybridized carbons (Fsp3) is 0.515. The molecule has 1 aliphatic carbocycles. The molecule has 0 aromatic heterocycles. The zero-order valence-electron chi connectivity index (χ0n) is 25.8. The van der Waals surface area contributed by atoms with E-state index >= 15 is 0 Å². The predicted octanol–water partition coefficient (Wildman–Crippen LogP) is 3.64. The molecule has 0 unspecified atom stereocenters. The van der Waals surface area contributed by atoms with Crippen molar-refractivity contribution in [3.8, 4) is 23.0 Å². The Morgan fingerprint density at radius 3 is 2.27 bits per heavy atom. The quantitative estimate of drug-likeness (QED) is 0.293. The molecule has 0 spiro atoms.